The summed E-state index contributed by atoms with van der Waals surface area (Å²) in [6.07, 6.45) is 1.56. The Balaban J connectivity index is 2.10. The fraction of sp³-hybridized carbons (Fsp3) is 0.133. The van der Waals surface area contributed by atoms with Gasteiger partial charge in [0.05, 0.1) is 18.4 Å². The van der Waals surface area contributed by atoms with Gasteiger partial charge in [-0.3, -0.25) is 4.79 Å². The molecule has 1 aromatic heterocycles. The molecule has 0 spiro atoms. The van der Waals surface area contributed by atoms with Crippen LogP contribution in [-0.2, 0) is 6.54 Å². The Labute approximate surface area is 111 Å². The first-order valence-corrected chi connectivity index (χ1v) is 5.80. The normalized spacial score (nSPS) is 9.53. The second kappa shape index (κ2) is 6.43. The van der Waals surface area contributed by atoms with Crippen molar-refractivity contribution in [3.63, 3.8) is 0 Å². The lowest BCUT2D eigenvalue weighted by Crippen LogP contribution is -2.23. The Morgan fingerprint density at radius 2 is 2.11 bits per heavy atom. The Bertz CT molecular complexity index is 606. The minimum absolute atomic E-state index is 0.223. The molecule has 0 radical (unpaired) electrons. The standard InChI is InChI=1S/C15H13NO3/c17-9-3-6-12-5-1-2-8-14(12)15(18)16-11-13-7-4-10-19-13/h1-2,4-5,7-8,10,17H,9,11H2,(H,16,18). The Morgan fingerprint density at radius 1 is 1.26 bits per heavy atom. The molecule has 4 heteroatoms. The van der Waals surface area contributed by atoms with E-state index in [9.17, 15) is 4.79 Å². The van der Waals surface area contributed by atoms with E-state index in [1.54, 1.807) is 42.7 Å². The second-order valence-corrected chi connectivity index (χ2v) is 3.77. The zero-order valence-corrected chi connectivity index (χ0v) is 10.2. The van der Waals surface area contributed by atoms with Crippen LogP contribution in [0.5, 0.6) is 0 Å². The molecule has 0 fully saturated rings. The molecule has 2 aromatic rings. The van der Waals surface area contributed by atoms with Crippen LogP contribution in [0.1, 0.15) is 21.7 Å². The molecule has 2 rings (SSSR count). The van der Waals surface area contributed by atoms with Crippen molar-refractivity contribution in [3.05, 3.63) is 59.5 Å². The maximum absolute atomic E-state index is 12.0. The first-order valence-electron chi connectivity index (χ1n) is 5.80. The highest BCUT2D eigenvalue weighted by atomic mass is 16.3. The van der Waals surface area contributed by atoms with Gasteiger partial charge in [-0.15, -0.1) is 0 Å². The fourth-order valence-corrected chi connectivity index (χ4v) is 1.60. The van der Waals surface area contributed by atoms with Gasteiger partial charge in [0.2, 0.25) is 0 Å². The smallest absolute Gasteiger partial charge is 0.252 e. The van der Waals surface area contributed by atoms with E-state index >= 15 is 0 Å². The quantitative estimate of drug-likeness (QED) is 0.818. The number of hydrogen-bond acceptors (Lipinski definition) is 3. The van der Waals surface area contributed by atoms with Crippen molar-refractivity contribution in [1.29, 1.82) is 0 Å². The van der Waals surface area contributed by atoms with Crippen molar-refractivity contribution in [1.82, 2.24) is 5.32 Å². The van der Waals surface area contributed by atoms with Crippen LogP contribution < -0.4 is 5.32 Å². The zero-order chi connectivity index (χ0) is 13.5. The molecule has 0 saturated heterocycles. The van der Waals surface area contributed by atoms with Gasteiger partial charge in [0.1, 0.15) is 12.4 Å². The number of carbonyl (C=O) groups excluding carboxylic acids is 1. The molecule has 1 amide bonds. The van der Waals surface area contributed by atoms with Gasteiger partial charge < -0.3 is 14.8 Å². The largest absolute Gasteiger partial charge is 0.467 e. The molecule has 4 nitrogen and oxygen atoms in total. The monoisotopic (exact) mass is 255 g/mol. The van der Waals surface area contributed by atoms with Crippen molar-refractivity contribution in [2.24, 2.45) is 0 Å². The molecule has 1 heterocycles. The van der Waals surface area contributed by atoms with Gasteiger partial charge in [0, 0.05) is 5.56 Å². The summed E-state index contributed by atoms with van der Waals surface area (Å²) >= 11 is 0. The maximum Gasteiger partial charge on any atom is 0.252 e. The maximum atomic E-state index is 12.0. The van der Waals surface area contributed by atoms with E-state index in [1.807, 2.05) is 0 Å². The van der Waals surface area contributed by atoms with Gasteiger partial charge >= 0.3 is 0 Å². The minimum atomic E-state index is -0.234. The third-order valence-electron chi connectivity index (χ3n) is 2.48. The van der Waals surface area contributed by atoms with E-state index in [0.29, 0.717) is 23.4 Å². The molecule has 0 saturated carbocycles. The number of carbonyl (C=O) groups is 1. The van der Waals surface area contributed by atoms with E-state index in [-0.39, 0.29) is 12.5 Å². The number of nitrogens with one attached hydrogen (secondary N) is 1. The summed E-state index contributed by atoms with van der Waals surface area (Å²) in [4.78, 5) is 12.0. The van der Waals surface area contributed by atoms with Gasteiger partial charge in [-0.1, -0.05) is 24.0 Å². The number of rotatable bonds is 3. The number of furan rings is 1. The molecule has 96 valence electrons. The lowest BCUT2D eigenvalue weighted by Gasteiger charge is -2.05. The third-order valence-corrected chi connectivity index (χ3v) is 2.48. The topological polar surface area (TPSA) is 62.5 Å². The molecule has 1 aromatic carbocycles. The van der Waals surface area contributed by atoms with Gasteiger partial charge in [0.25, 0.3) is 5.91 Å². The summed E-state index contributed by atoms with van der Waals surface area (Å²) in [5.41, 5.74) is 1.07. The predicted molar refractivity (Wildman–Crippen MR) is 70.3 cm³/mol. The van der Waals surface area contributed by atoms with Crippen molar-refractivity contribution < 1.29 is 14.3 Å². The van der Waals surface area contributed by atoms with Crippen LogP contribution in [0.15, 0.2) is 47.1 Å². The summed E-state index contributed by atoms with van der Waals surface area (Å²) < 4.78 is 5.14. The molecule has 19 heavy (non-hydrogen) atoms. The molecular formula is C15H13NO3. The van der Waals surface area contributed by atoms with Crippen LogP contribution in [0.4, 0.5) is 0 Å². The summed E-state index contributed by atoms with van der Waals surface area (Å²) in [7, 11) is 0. The molecule has 0 aliphatic rings. The fourth-order valence-electron chi connectivity index (χ4n) is 1.60. The Hall–Kier alpha value is -2.51. The summed E-state index contributed by atoms with van der Waals surface area (Å²) in [5, 5.41) is 11.5. The number of amides is 1. The molecule has 0 bridgehead atoms. The van der Waals surface area contributed by atoms with E-state index in [0.717, 1.165) is 0 Å². The first kappa shape index (κ1) is 12.9. The van der Waals surface area contributed by atoms with Gasteiger partial charge in [0.15, 0.2) is 0 Å². The zero-order valence-electron chi connectivity index (χ0n) is 10.2. The van der Waals surface area contributed by atoms with E-state index in [4.69, 9.17) is 9.52 Å². The number of aliphatic hydroxyl groups excluding tert-OH is 1. The van der Waals surface area contributed by atoms with Crippen LogP contribution in [0.3, 0.4) is 0 Å². The van der Waals surface area contributed by atoms with E-state index in [1.165, 1.54) is 0 Å². The van der Waals surface area contributed by atoms with Crippen LogP contribution in [-0.4, -0.2) is 17.6 Å². The van der Waals surface area contributed by atoms with Crippen LogP contribution in [0, 0.1) is 11.8 Å². The van der Waals surface area contributed by atoms with Crippen molar-refractivity contribution in [2.45, 2.75) is 6.54 Å². The number of benzene rings is 1. The molecule has 0 aliphatic carbocycles. The third kappa shape index (κ3) is 3.47. The summed E-state index contributed by atoms with van der Waals surface area (Å²) in [6, 6.07) is 10.6. The number of aliphatic hydroxyl groups is 1. The molecule has 0 aliphatic heterocycles. The SMILES string of the molecule is O=C(NCc1ccco1)c1ccccc1C#CCO. The Kier molecular flexibility index (Phi) is 4.38. The summed E-state index contributed by atoms with van der Waals surface area (Å²) in [5.74, 6) is 5.75. The highest BCUT2D eigenvalue weighted by Gasteiger charge is 2.09. The minimum Gasteiger partial charge on any atom is -0.467 e. The number of hydrogen-bond donors (Lipinski definition) is 2. The van der Waals surface area contributed by atoms with Gasteiger partial charge in [-0.05, 0) is 24.3 Å². The predicted octanol–water partition coefficient (Wildman–Crippen LogP) is 1.55. The lowest BCUT2D eigenvalue weighted by molar-refractivity contribution is 0.0948. The van der Waals surface area contributed by atoms with Crippen LogP contribution in [0.2, 0.25) is 0 Å². The average Bonchev–Trinajstić information content (AvgIpc) is 2.96. The van der Waals surface area contributed by atoms with Crippen LogP contribution >= 0.6 is 0 Å². The lowest BCUT2D eigenvalue weighted by atomic mass is 10.1. The van der Waals surface area contributed by atoms with Crippen molar-refractivity contribution >= 4 is 5.91 Å². The van der Waals surface area contributed by atoms with Crippen molar-refractivity contribution in [3.8, 4) is 11.8 Å². The highest BCUT2D eigenvalue weighted by Crippen LogP contribution is 2.08. The second-order valence-electron chi connectivity index (χ2n) is 3.77. The van der Waals surface area contributed by atoms with E-state index in [2.05, 4.69) is 17.2 Å². The molecule has 2 N–H and O–H groups in total. The average molecular weight is 255 g/mol. The Morgan fingerprint density at radius 3 is 2.84 bits per heavy atom. The molecule has 0 atom stereocenters. The van der Waals surface area contributed by atoms with E-state index < -0.39 is 0 Å². The van der Waals surface area contributed by atoms with Gasteiger partial charge in [-0.25, -0.2) is 0 Å². The molecular weight excluding hydrogens is 242 g/mol. The summed E-state index contributed by atoms with van der Waals surface area (Å²) in [6.45, 7) is 0.0932. The van der Waals surface area contributed by atoms with Crippen molar-refractivity contribution in [2.75, 3.05) is 6.61 Å². The highest BCUT2D eigenvalue weighted by molar-refractivity contribution is 5.96. The first-order chi connectivity index (χ1) is 9.31. The molecule has 0 unspecified atom stereocenters. The van der Waals surface area contributed by atoms with Crippen LogP contribution in [0.25, 0.3) is 0 Å². The van der Waals surface area contributed by atoms with Gasteiger partial charge in [-0.2, -0.15) is 0 Å².